The molecule has 1 heterocycles. The van der Waals surface area contributed by atoms with Gasteiger partial charge >= 0.3 is 6.09 Å². The molecule has 4 heteroatoms. The summed E-state index contributed by atoms with van der Waals surface area (Å²) in [5.74, 6) is 0. The summed E-state index contributed by atoms with van der Waals surface area (Å²) in [6, 6.07) is 0. The van der Waals surface area contributed by atoms with Crippen LogP contribution in [0, 0.1) is 0 Å². The molecule has 102 valence electrons. The molecule has 0 aliphatic rings. The average Bonchev–Trinajstić information content (AvgIpc) is 2.65. The van der Waals surface area contributed by atoms with Crippen molar-refractivity contribution < 1.29 is 14.3 Å². The molecule has 0 spiro atoms. The summed E-state index contributed by atoms with van der Waals surface area (Å²) in [7, 11) is 0. The van der Waals surface area contributed by atoms with Crippen molar-refractivity contribution in [2.24, 2.45) is 0 Å². The quantitative estimate of drug-likeness (QED) is 0.778. The van der Waals surface area contributed by atoms with Crippen LogP contribution >= 0.6 is 0 Å². The van der Waals surface area contributed by atoms with Gasteiger partial charge in [-0.1, -0.05) is 18.7 Å². The van der Waals surface area contributed by atoms with Crippen LogP contribution in [0.15, 0.2) is 18.9 Å². The van der Waals surface area contributed by atoms with E-state index in [2.05, 4.69) is 6.58 Å². The van der Waals surface area contributed by atoms with Crippen molar-refractivity contribution in [2.45, 2.75) is 33.3 Å². The van der Waals surface area contributed by atoms with E-state index in [9.17, 15) is 9.59 Å². The highest BCUT2D eigenvalue weighted by molar-refractivity contribution is 5.89. The zero-order chi connectivity index (χ0) is 14.6. The maximum absolute atomic E-state index is 12.1. The number of allylic oxidation sites excluding steroid dienone is 1. The Bertz CT molecular complexity index is 530. The van der Waals surface area contributed by atoms with Crippen LogP contribution in [-0.2, 0) is 4.74 Å². The first-order valence-electron chi connectivity index (χ1n) is 6.03. The van der Waals surface area contributed by atoms with E-state index in [0.717, 1.165) is 0 Å². The van der Waals surface area contributed by atoms with Gasteiger partial charge in [0.15, 0.2) is 6.29 Å². The van der Waals surface area contributed by atoms with Gasteiger partial charge in [0.2, 0.25) is 0 Å². The number of rotatable bonds is 3. The molecule has 1 rings (SSSR count). The monoisotopic (exact) mass is 261 g/mol. The predicted molar refractivity (Wildman–Crippen MR) is 76.3 cm³/mol. The molecule has 0 aliphatic heterocycles. The van der Waals surface area contributed by atoms with E-state index < -0.39 is 11.7 Å². The number of carbonyl (C=O) groups excluding carboxylic acids is 2. The maximum atomic E-state index is 12.1. The van der Waals surface area contributed by atoms with Gasteiger partial charge in [0.1, 0.15) is 5.60 Å². The van der Waals surface area contributed by atoms with E-state index in [4.69, 9.17) is 4.74 Å². The second kappa shape index (κ2) is 5.69. The minimum atomic E-state index is -0.595. The second-order valence-corrected chi connectivity index (χ2v) is 5.06. The molecule has 0 saturated carbocycles. The first-order chi connectivity index (χ1) is 8.84. The molecule has 0 saturated heterocycles. The number of aldehydes is 1. The molecule has 0 aliphatic carbocycles. The van der Waals surface area contributed by atoms with Gasteiger partial charge in [-0.2, -0.15) is 0 Å². The summed E-state index contributed by atoms with van der Waals surface area (Å²) in [6.07, 6.45) is 6.75. The first-order valence-corrected chi connectivity index (χ1v) is 6.03. The minimum absolute atomic E-state index is 0.429. The minimum Gasteiger partial charge on any atom is -0.443 e. The third-order valence-corrected chi connectivity index (χ3v) is 2.36. The van der Waals surface area contributed by atoms with Crippen molar-refractivity contribution in [3.63, 3.8) is 0 Å². The van der Waals surface area contributed by atoms with Crippen LogP contribution in [0.3, 0.4) is 0 Å². The Kier molecular flexibility index (Phi) is 4.48. The fourth-order valence-corrected chi connectivity index (χ4v) is 1.67. The summed E-state index contributed by atoms with van der Waals surface area (Å²) >= 11 is 0. The van der Waals surface area contributed by atoms with Crippen LogP contribution in [0.2, 0.25) is 0 Å². The molecule has 19 heavy (non-hydrogen) atoms. The Morgan fingerprint density at radius 2 is 2.05 bits per heavy atom. The van der Waals surface area contributed by atoms with E-state index in [1.807, 2.05) is 6.92 Å². The third-order valence-electron chi connectivity index (χ3n) is 2.36. The normalized spacial score (nSPS) is 11.6. The van der Waals surface area contributed by atoms with Gasteiger partial charge in [0.25, 0.3) is 0 Å². The molecule has 0 radical (unpaired) electrons. The standard InChI is InChI=1S/C15H19NO3/c1-6-8-12-11(10-17)9-16(13(12)7-2)14(18)19-15(3,4)5/h6-10H,2H2,1,3-5H3/b8-6-. The molecule has 0 unspecified atom stereocenters. The Balaban J connectivity index is 3.32. The molecule has 0 N–H and O–H groups in total. The van der Waals surface area contributed by atoms with Gasteiger partial charge in [-0.15, -0.1) is 0 Å². The molecule has 0 amide bonds. The number of carbonyl (C=O) groups is 2. The molecule has 0 aromatic carbocycles. The van der Waals surface area contributed by atoms with Crippen LogP contribution < -0.4 is 0 Å². The van der Waals surface area contributed by atoms with E-state index in [-0.39, 0.29) is 0 Å². The Morgan fingerprint density at radius 3 is 2.47 bits per heavy atom. The van der Waals surface area contributed by atoms with Crippen LogP contribution in [0.5, 0.6) is 0 Å². The van der Waals surface area contributed by atoms with Crippen LogP contribution in [-0.4, -0.2) is 22.5 Å². The van der Waals surface area contributed by atoms with Crippen molar-refractivity contribution >= 4 is 24.5 Å². The fourth-order valence-electron chi connectivity index (χ4n) is 1.67. The lowest BCUT2D eigenvalue weighted by molar-refractivity contribution is 0.0536. The molecule has 4 nitrogen and oxygen atoms in total. The van der Waals surface area contributed by atoms with E-state index in [1.54, 1.807) is 32.9 Å². The Hall–Kier alpha value is -2.10. The smallest absolute Gasteiger partial charge is 0.419 e. The van der Waals surface area contributed by atoms with E-state index in [1.165, 1.54) is 16.8 Å². The lowest BCUT2D eigenvalue weighted by atomic mass is 10.1. The molecule has 0 fully saturated rings. The average molecular weight is 261 g/mol. The van der Waals surface area contributed by atoms with Gasteiger partial charge in [0.05, 0.1) is 5.69 Å². The van der Waals surface area contributed by atoms with Crippen LogP contribution in [0.4, 0.5) is 4.79 Å². The lowest BCUT2D eigenvalue weighted by Crippen LogP contribution is -2.27. The van der Waals surface area contributed by atoms with Gasteiger partial charge in [-0.25, -0.2) is 4.79 Å². The highest BCUT2D eigenvalue weighted by Gasteiger charge is 2.21. The fraction of sp³-hybridized carbons (Fsp3) is 0.333. The van der Waals surface area contributed by atoms with Gasteiger partial charge < -0.3 is 4.74 Å². The number of nitrogens with zero attached hydrogens (tertiary/aromatic N) is 1. The predicted octanol–water partition coefficient (Wildman–Crippen LogP) is 3.76. The van der Waals surface area contributed by atoms with Crippen molar-refractivity contribution in [1.82, 2.24) is 4.57 Å². The first kappa shape index (κ1) is 15.0. The summed E-state index contributed by atoms with van der Waals surface area (Å²) in [6.45, 7) is 10.9. The van der Waals surface area contributed by atoms with Crippen molar-refractivity contribution in [1.29, 1.82) is 0 Å². The van der Waals surface area contributed by atoms with Crippen LogP contribution in [0.1, 0.15) is 49.3 Å². The molecule has 0 bridgehead atoms. The largest absolute Gasteiger partial charge is 0.443 e. The number of aromatic nitrogens is 1. The van der Waals surface area contributed by atoms with E-state index >= 15 is 0 Å². The topological polar surface area (TPSA) is 48.3 Å². The zero-order valence-corrected chi connectivity index (χ0v) is 11.8. The Labute approximate surface area is 113 Å². The van der Waals surface area contributed by atoms with Crippen molar-refractivity contribution in [3.8, 4) is 0 Å². The van der Waals surface area contributed by atoms with Gasteiger partial charge in [-0.05, 0) is 33.8 Å². The SMILES string of the molecule is C=Cc1c(/C=C\C)c(C=O)cn1C(=O)OC(C)(C)C. The molecular formula is C15H19NO3. The summed E-state index contributed by atoms with van der Waals surface area (Å²) in [5, 5.41) is 0. The highest BCUT2D eigenvalue weighted by atomic mass is 16.6. The second-order valence-electron chi connectivity index (χ2n) is 5.06. The molecule has 1 aromatic rings. The summed E-state index contributed by atoms with van der Waals surface area (Å²) < 4.78 is 6.60. The number of ether oxygens (including phenoxy) is 1. The Morgan fingerprint density at radius 1 is 1.42 bits per heavy atom. The number of hydrogen-bond acceptors (Lipinski definition) is 3. The number of hydrogen-bond donors (Lipinski definition) is 0. The van der Waals surface area contributed by atoms with Crippen molar-refractivity contribution in [3.05, 3.63) is 35.7 Å². The lowest BCUT2D eigenvalue weighted by Gasteiger charge is -2.20. The van der Waals surface area contributed by atoms with Gasteiger partial charge in [-0.3, -0.25) is 9.36 Å². The highest BCUT2D eigenvalue weighted by Crippen LogP contribution is 2.21. The third kappa shape index (κ3) is 3.44. The van der Waals surface area contributed by atoms with E-state index in [0.29, 0.717) is 23.1 Å². The summed E-state index contributed by atoms with van der Waals surface area (Å²) in [4.78, 5) is 23.1. The molecular weight excluding hydrogens is 242 g/mol. The van der Waals surface area contributed by atoms with Crippen LogP contribution in [0.25, 0.3) is 12.2 Å². The maximum Gasteiger partial charge on any atom is 0.419 e. The van der Waals surface area contributed by atoms with Crippen molar-refractivity contribution in [2.75, 3.05) is 0 Å². The van der Waals surface area contributed by atoms with Gasteiger partial charge in [0, 0.05) is 17.3 Å². The molecule has 0 atom stereocenters. The molecule has 1 aromatic heterocycles. The summed E-state index contributed by atoms with van der Waals surface area (Å²) in [5.41, 5.74) is 1.05. The zero-order valence-electron chi connectivity index (χ0n) is 11.8.